The third-order valence-corrected chi connectivity index (χ3v) is 4.02. The third-order valence-electron chi connectivity index (χ3n) is 3.51. The highest BCUT2D eigenvalue weighted by atomic mass is 35.5. The van der Waals surface area contributed by atoms with Gasteiger partial charge in [0.15, 0.2) is 17.5 Å². The fourth-order valence-corrected chi connectivity index (χ4v) is 2.78. The Hall–Kier alpha value is -1.68. The molecule has 5 heteroatoms. The number of rotatable bonds is 2. The van der Waals surface area contributed by atoms with Crippen LogP contribution in [-0.2, 0) is 6.42 Å². The third kappa shape index (κ3) is 2.60. The Balaban J connectivity index is 1.96. The van der Waals surface area contributed by atoms with Gasteiger partial charge in [-0.1, -0.05) is 12.1 Å². The molecule has 0 radical (unpaired) electrons. The fraction of sp³-hybridized carbons (Fsp3) is 0.250. The topological polar surface area (TPSA) is 9.23 Å². The van der Waals surface area contributed by atoms with Crippen LogP contribution in [-0.4, -0.2) is 6.10 Å². The van der Waals surface area contributed by atoms with Gasteiger partial charge in [0.1, 0.15) is 11.9 Å². The zero-order valence-electron chi connectivity index (χ0n) is 11.2. The van der Waals surface area contributed by atoms with E-state index in [0.717, 1.165) is 29.9 Å². The second-order valence-corrected chi connectivity index (χ2v) is 5.60. The SMILES string of the molecule is CC1Cc2cc(C(Cl)c3cc(F)c(F)c(F)c3)ccc2O1. The van der Waals surface area contributed by atoms with Crippen molar-refractivity contribution in [2.75, 3.05) is 0 Å². The summed E-state index contributed by atoms with van der Waals surface area (Å²) in [6.07, 6.45) is 0.864. The van der Waals surface area contributed by atoms with E-state index < -0.39 is 22.8 Å². The highest BCUT2D eigenvalue weighted by Gasteiger charge is 2.22. The van der Waals surface area contributed by atoms with E-state index in [9.17, 15) is 13.2 Å². The lowest BCUT2D eigenvalue weighted by atomic mass is 10.0. The van der Waals surface area contributed by atoms with Crippen molar-refractivity contribution in [3.05, 3.63) is 64.5 Å². The van der Waals surface area contributed by atoms with Crippen molar-refractivity contribution in [2.24, 2.45) is 0 Å². The predicted molar refractivity (Wildman–Crippen MR) is 74.2 cm³/mol. The van der Waals surface area contributed by atoms with Crippen LogP contribution < -0.4 is 4.74 Å². The van der Waals surface area contributed by atoms with E-state index in [1.165, 1.54) is 0 Å². The van der Waals surface area contributed by atoms with Crippen LogP contribution in [0.2, 0.25) is 0 Å². The average molecular weight is 313 g/mol. The zero-order valence-corrected chi connectivity index (χ0v) is 11.9. The standard InChI is InChI=1S/C16H12ClF3O/c1-8-4-10-5-9(2-3-14(10)21-8)15(17)11-6-12(18)16(20)13(19)7-11/h2-3,5-8,15H,4H2,1H3. The van der Waals surface area contributed by atoms with Crippen LogP contribution in [0, 0.1) is 17.5 Å². The highest BCUT2D eigenvalue weighted by Crippen LogP contribution is 2.36. The van der Waals surface area contributed by atoms with Gasteiger partial charge in [-0.15, -0.1) is 11.6 Å². The second-order valence-electron chi connectivity index (χ2n) is 5.16. The van der Waals surface area contributed by atoms with Crippen LogP contribution in [0.5, 0.6) is 5.75 Å². The largest absolute Gasteiger partial charge is 0.490 e. The van der Waals surface area contributed by atoms with Crippen LogP contribution >= 0.6 is 11.6 Å². The van der Waals surface area contributed by atoms with Crippen LogP contribution in [0.15, 0.2) is 30.3 Å². The maximum absolute atomic E-state index is 13.3. The molecular weight excluding hydrogens is 301 g/mol. The van der Waals surface area contributed by atoms with E-state index in [0.29, 0.717) is 5.56 Å². The molecule has 21 heavy (non-hydrogen) atoms. The summed E-state index contributed by atoms with van der Waals surface area (Å²) < 4.78 is 45.2. The summed E-state index contributed by atoms with van der Waals surface area (Å²) in [5, 5.41) is -0.754. The molecular formula is C16H12ClF3O. The van der Waals surface area contributed by atoms with Gasteiger partial charge in [0.2, 0.25) is 0 Å². The predicted octanol–water partition coefficient (Wildman–Crippen LogP) is 4.76. The Morgan fingerprint density at radius 3 is 2.43 bits per heavy atom. The van der Waals surface area contributed by atoms with E-state index in [-0.39, 0.29) is 11.7 Å². The minimum atomic E-state index is -1.49. The molecule has 1 heterocycles. The van der Waals surface area contributed by atoms with E-state index in [1.807, 2.05) is 13.0 Å². The van der Waals surface area contributed by atoms with E-state index in [2.05, 4.69) is 0 Å². The lowest BCUT2D eigenvalue weighted by Gasteiger charge is -2.12. The van der Waals surface area contributed by atoms with Gasteiger partial charge >= 0.3 is 0 Å². The molecule has 0 amide bonds. The molecule has 2 aromatic carbocycles. The number of benzene rings is 2. The molecule has 1 aliphatic heterocycles. The molecule has 0 spiro atoms. The number of hydrogen-bond donors (Lipinski definition) is 0. The van der Waals surface area contributed by atoms with Crippen molar-refractivity contribution < 1.29 is 17.9 Å². The quantitative estimate of drug-likeness (QED) is 0.574. The van der Waals surface area contributed by atoms with E-state index >= 15 is 0 Å². The first kappa shape index (κ1) is 14.3. The Labute approximate surface area is 125 Å². The zero-order chi connectivity index (χ0) is 15.1. The van der Waals surface area contributed by atoms with Crippen LogP contribution in [0.25, 0.3) is 0 Å². The first-order chi connectivity index (χ1) is 9.95. The van der Waals surface area contributed by atoms with Gasteiger partial charge < -0.3 is 4.74 Å². The maximum Gasteiger partial charge on any atom is 0.194 e. The molecule has 110 valence electrons. The summed E-state index contributed by atoms with van der Waals surface area (Å²) >= 11 is 6.27. The Kier molecular flexibility index (Phi) is 3.57. The Bertz CT molecular complexity index is 679. The molecule has 0 N–H and O–H groups in total. The monoisotopic (exact) mass is 312 g/mol. The van der Waals surface area contributed by atoms with Crippen molar-refractivity contribution in [1.82, 2.24) is 0 Å². The number of fused-ring (bicyclic) bond motifs is 1. The molecule has 0 fully saturated rings. The van der Waals surface area contributed by atoms with Crippen LogP contribution in [0.4, 0.5) is 13.2 Å². The molecule has 0 saturated heterocycles. The van der Waals surface area contributed by atoms with Gasteiger partial charge in [-0.2, -0.15) is 0 Å². The molecule has 1 nitrogen and oxygen atoms in total. The highest BCUT2D eigenvalue weighted by molar-refractivity contribution is 6.22. The summed E-state index contributed by atoms with van der Waals surface area (Å²) in [7, 11) is 0. The average Bonchev–Trinajstić information content (AvgIpc) is 2.82. The fourth-order valence-electron chi connectivity index (χ4n) is 2.51. The molecule has 3 rings (SSSR count). The summed E-state index contributed by atoms with van der Waals surface area (Å²) in [5.41, 5.74) is 1.88. The van der Waals surface area contributed by atoms with Gasteiger partial charge in [-0.3, -0.25) is 0 Å². The minimum absolute atomic E-state index is 0.102. The first-order valence-electron chi connectivity index (χ1n) is 6.53. The molecule has 0 saturated carbocycles. The lowest BCUT2D eigenvalue weighted by molar-refractivity contribution is 0.254. The molecule has 2 atom stereocenters. The molecule has 1 aliphatic rings. The van der Waals surface area contributed by atoms with Crippen LogP contribution in [0.1, 0.15) is 29.0 Å². The summed E-state index contributed by atoms with van der Waals surface area (Å²) in [6, 6.07) is 7.23. The Morgan fingerprint density at radius 2 is 1.76 bits per heavy atom. The first-order valence-corrected chi connectivity index (χ1v) is 6.97. The number of ether oxygens (including phenoxy) is 1. The van der Waals surface area contributed by atoms with Crippen LogP contribution in [0.3, 0.4) is 0 Å². The van der Waals surface area contributed by atoms with Crippen molar-refractivity contribution in [3.8, 4) is 5.75 Å². The van der Waals surface area contributed by atoms with E-state index in [4.69, 9.17) is 16.3 Å². The number of alkyl halides is 1. The van der Waals surface area contributed by atoms with Crippen molar-refractivity contribution >= 4 is 11.6 Å². The second kappa shape index (κ2) is 5.26. The smallest absolute Gasteiger partial charge is 0.194 e. The van der Waals surface area contributed by atoms with Crippen molar-refractivity contribution in [3.63, 3.8) is 0 Å². The lowest BCUT2D eigenvalue weighted by Crippen LogP contribution is -2.05. The molecule has 0 aromatic heterocycles. The molecule has 2 aromatic rings. The minimum Gasteiger partial charge on any atom is -0.490 e. The summed E-state index contributed by atoms with van der Waals surface area (Å²) in [4.78, 5) is 0. The van der Waals surface area contributed by atoms with Gasteiger partial charge in [0.25, 0.3) is 0 Å². The Morgan fingerprint density at radius 1 is 1.10 bits per heavy atom. The van der Waals surface area contributed by atoms with Crippen molar-refractivity contribution in [2.45, 2.75) is 24.8 Å². The van der Waals surface area contributed by atoms with Gasteiger partial charge in [0, 0.05) is 6.42 Å². The van der Waals surface area contributed by atoms with E-state index in [1.54, 1.807) is 12.1 Å². The summed E-state index contributed by atoms with van der Waals surface area (Å²) in [6.45, 7) is 1.96. The molecule has 0 bridgehead atoms. The van der Waals surface area contributed by atoms with Gasteiger partial charge in [0.05, 0.1) is 5.38 Å². The molecule has 0 aliphatic carbocycles. The number of halogens is 4. The summed E-state index contributed by atoms with van der Waals surface area (Å²) in [5.74, 6) is -3.17. The number of hydrogen-bond acceptors (Lipinski definition) is 1. The normalized spacial score (nSPS) is 18.2. The van der Waals surface area contributed by atoms with Gasteiger partial charge in [-0.05, 0) is 41.8 Å². The van der Waals surface area contributed by atoms with Gasteiger partial charge in [-0.25, -0.2) is 13.2 Å². The van der Waals surface area contributed by atoms with Crippen molar-refractivity contribution in [1.29, 1.82) is 0 Å². The maximum atomic E-state index is 13.3. The molecule has 2 unspecified atom stereocenters.